The van der Waals surface area contributed by atoms with Crippen LogP contribution in [-0.4, -0.2) is 35.2 Å². The molecule has 1 saturated heterocycles. The molecule has 0 N–H and O–H groups in total. The van der Waals surface area contributed by atoms with E-state index < -0.39 is 0 Å². The Morgan fingerprint density at radius 3 is 1.83 bits per heavy atom. The van der Waals surface area contributed by atoms with Crippen molar-refractivity contribution < 1.29 is 9.59 Å². The van der Waals surface area contributed by atoms with Gasteiger partial charge in [-0.1, -0.05) is 60.7 Å². The van der Waals surface area contributed by atoms with Crippen LogP contribution in [-0.2, 0) is 9.59 Å². The van der Waals surface area contributed by atoms with Crippen LogP contribution in [0.3, 0.4) is 0 Å². The van der Waals surface area contributed by atoms with Crippen molar-refractivity contribution in [2.45, 2.75) is 25.0 Å². The third-order valence-electron chi connectivity index (χ3n) is 4.50. The first-order valence-electron chi connectivity index (χ1n) is 7.80. The van der Waals surface area contributed by atoms with Gasteiger partial charge in [0.1, 0.15) is 0 Å². The number of carbonyl (C=O) groups is 2. The average Bonchev–Trinajstić information content (AvgIpc) is 2.62. The Labute approximate surface area is 136 Å². The third kappa shape index (κ3) is 2.84. The molecule has 4 heteroatoms. The summed E-state index contributed by atoms with van der Waals surface area (Å²) in [6.45, 7) is 2.51. The summed E-state index contributed by atoms with van der Waals surface area (Å²) in [6, 6.07) is 19.4. The Kier molecular flexibility index (Phi) is 4.42. The highest BCUT2D eigenvalue weighted by atomic mass is 16.1. The van der Waals surface area contributed by atoms with Gasteiger partial charge < -0.3 is 9.80 Å². The number of amides is 2. The first-order valence-corrected chi connectivity index (χ1v) is 7.80. The minimum absolute atomic E-state index is 0.0251. The molecule has 3 unspecified atom stereocenters. The van der Waals surface area contributed by atoms with Gasteiger partial charge in [0.25, 0.3) is 0 Å². The van der Waals surface area contributed by atoms with E-state index in [0.29, 0.717) is 6.54 Å². The molecule has 0 spiro atoms. The molecular formula is C19H20N2O2. The van der Waals surface area contributed by atoms with Gasteiger partial charge in [-0.25, -0.2) is 0 Å². The molecule has 1 aliphatic heterocycles. The maximum Gasteiger partial charge on any atom is 0.210 e. The Hall–Kier alpha value is -2.62. The first-order chi connectivity index (χ1) is 11.3. The molecule has 1 heterocycles. The SMILES string of the molecule is CC1CN(C=O)C(c2ccccc2)C(c2ccccc2)N1C=O. The van der Waals surface area contributed by atoms with Crippen LogP contribution in [0.25, 0.3) is 0 Å². The van der Waals surface area contributed by atoms with E-state index in [9.17, 15) is 9.59 Å². The van der Waals surface area contributed by atoms with Crippen LogP contribution in [0.4, 0.5) is 0 Å². The number of rotatable bonds is 4. The predicted octanol–water partition coefficient (Wildman–Crippen LogP) is 2.79. The second-order valence-corrected chi connectivity index (χ2v) is 5.91. The zero-order valence-corrected chi connectivity index (χ0v) is 13.1. The van der Waals surface area contributed by atoms with Gasteiger partial charge in [-0.15, -0.1) is 0 Å². The van der Waals surface area contributed by atoms with Gasteiger partial charge >= 0.3 is 0 Å². The molecule has 118 valence electrons. The summed E-state index contributed by atoms with van der Waals surface area (Å²) >= 11 is 0. The molecule has 4 nitrogen and oxygen atoms in total. The zero-order valence-electron chi connectivity index (χ0n) is 13.1. The Bertz CT molecular complexity index is 660. The van der Waals surface area contributed by atoms with E-state index in [2.05, 4.69) is 0 Å². The molecule has 0 bridgehead atoms. The molecule has 0 saturated carbocycles. The maximum absolute atomic E-state index is 11.7. The van der Waals surface area contributed by atoms with Crippen molar-refractivity contribution in [3.8, 4) is 0 Å². The molecule has 2 aromatic carbocycles. The third-order valence-corrected chi connectivity index (χ3v) is 4.50. The molecule has 0 aromatic heterocycles. The molecule has 2 amide bonds. The lowest BCUT2D eigenvalue weighted by molar-refractivity contribution is -0.137. The van der Waals surface area contributed by atoms with Gasteiger partial charge in [0, 0.05) is 12.6 Å². The van der Waals surface area contributed by atoms with E-state index >= 15 is 0 Å². The van der Waals surface area contributed by atoms with E-state index in [0.717, 1.165) is 23.9 Å². The molecule has 2 aromatic rings. The summed E-state index contributed by atoms with van der Waals surface area (Å²) in [4.78, 5) is 27.1. The van der Waals surface area contributed by atoms with Gasteiger partial charge in [0.15, 0.2) is 0 Å². The lowest BCUT2D eigenvalue weighted by Gasteiger charge is -2.48. The quantitative estimate of drug-likeness (QED) is 0.815. The normalized spacial score (nSPS) is 24.3. The summed E-state index contributed by atoms with van der Waals surface area (Å²) in [5, 5.41) is 0. The van der Waals surface area contributed by atoms with Crippen LogP contribution in [0, 0.1) is 0 Å². The Balaban J connectivity index is 2.12. The lowest BCUT2D eigenvalue weighted by atomic mass is 9.87. The smallest absolute Gasteiger partial charge is 0.210 e. The highest BCUT2D eigenvalue weighted by molar-refractivity contribution is 5.55. The lowest BCUT2D eigenvalue weighted by Crippen LogP contribution is -2.53. The van der Waals surface area contributed by atoms with Crippen LogP contribution in [0.5, 0.6) is 0 Å². The van der Waals surface area contributed by atoms with E-state index in [1.165, 1.54) is 0 Å². The van der Waals surface area contributed by atoms with Crippen LogP contribution in [0.15, 0.2) is 60.7 Å². The maximum atomic E-state index is 11.7. The number of hydrogen-bond donors (Lipinski definition) is 0. The first kappa shape index (κ1) is 15.3. The van der Waals surface area contributed by atoms with Gasteiger partial charge in [0.2, 0.25) is 12.8 Å². The summed E-state index contributed by atoms with van der Waals surface area (Å²) in [6.07, 6.45) is 1.80. The zero-order chi connectivity index (χ0) is 16.2. The minimum Gasteiger partial charge on any atom is -0.334 e. The molecule has 1 aliphatic rings. The second kappa shape index (κ2) is 6.65. The van der Waals surface area contributed by atoms with Gasteiger partial charge in [0.05, 0.1) is 12.1 Å². The second-order valence-electron chi connectivity index (χ2n) is 5.91. The van der Waals surface area contributed by atoms with Gasteiger partial charge in [-0.2, -0.15) is 0 Å². The van der Waals surface area contributed by atoms with E-state index in [1.54, 1.807) is 4.90 Å². The number of hydrogen-bond acceptors (Lipinski definition) is 2. The molecule has 23 heavy (non-hydrogen) atoms. The molecular weight excluding hydrogens is 288 g/mol. The highest BCUT2D eigenvalue weighted by Crippen LogP contribution is 2.41. The highest BCUT2D eigenvalue weighted by Gasteiger charge is 2.40. The number of benzene rings is 2. The van der Waals surface area contributed by atoms with Crippen molar-refractivity contribution in [3.63, 3.8) is 0 Å². The summed E-state index contributed by atoms with van der Waals surface area (Å²) in [5.41, 5.74) is 2.07. The number of nitrogens with zero attached hydrogens (tertiary/aromatic N) is 2. The summed E-state index contributed by atoms with van der Waals surface area (Å²) in [5.74, 6) is 0. The van der Waals surface area contributed by atoms with E-state index in [4.69, 9.17) is 0 Å². The monoisotopic (exact) mass is 308 g/mol. The minimum atomic E-state index is -0.190. The van der Waals surface area contributed by atoms with Gasteiger partial charge in [-0.05, 0) is 18.1 Å². The van der Waals surface area contributed by atoms with E-state index in [1.807, 2.05) is 72.5 Å². The van der Waals surface area contributed by atoms with Crippen molar-refractivity contribution in [1.29, 1.82) is 0 Å². The van der Waals surface area contributed by atoms with Crippen LogP contribution < -0.4 is 0 Å². The van der Waals surface area contributed by atoms with Crippen LogP contribution in [0.2, 0.25) is 0 Å². The number of piperazine rings is 1. The van der Waals surface area contributed by atoms with Crippen molar-refractivity contribution >= 4 is 12.8 Å². The molecule has 3 rings (SSSR count). The topological polar surface area (TPSA) is 40.6 Å². The number of carbonyl (C=O) groups excluding carboxylic acids is 2. The van der Waals surface area contributed by atoms with Crippen LogP contribution >= 0.6 is 0 Å². The summed E-state index contributed by atoms with van der Waals surface area (Å²) < 4.78 is 0. The Morgan fingerprint density at radius 1 is 0.826 bits per heavy atom. The fourth-order valence-corrected chi connectivity index (χ4v) is 3.44. The van der Waals surface area contributed by atoms with Crippen molar-refractivity contribution in [2.24, 2.45) is 0 Å². The van der Waals surface area contributed by atoms with Crippen LogP contribution in [0.1, 0.15) is 30.1 Å². The fraction of sp³-hybridized carbons (Fsp3) is 0.263. The average molecular weight is 308 g/mol. The Morgan fingerprint density at radius 2 is 1.35 bits per heavy atom. The largest absolute Gasteiger partial charge is 0.334 e. The summed E-state index contributed by atoms with van der Waals surface area (Å²) in [7, 11) is 0. The molecule has 0 radical (unpaired) electrons. The molecule has 1 fully saturated rings. The van der Waals surface area contributed by atoms with Crippen molar-refractivity contribution in [3.05, 3.63) is 71.8 Å². The van der Waals surface area contributed by atoms with Gasteiger partial charge in [-0.3, -0.25) is 9.59 Å². The standard InChI is InChI=1S/C19H20N2O2/c1-15-12-20(13-22)18(16-8-4-2-5-9-16)19(21(15)14-23)17-10-6-3-7-11-17/h2-11,13-15,18-19H,12H2,1H3. The van der Waals surface area contributed by atoms with Crippen molar-refractivity contribution in [1.82, 2.24) is 9.80 Å². The van der Waals surface area contributed by atoms with E-state index in [-0.39, 0.29) is 18.1 Å². The predicted molar refractivity (Wildman–Crippen MR) is 88.5 cm³/mol. The molecule has 3 atom stereocenters. The van der Waals surface area contributed by atoms with Crippen molar-refractivity contribution in [2.75, 3.05) is 6.54 Å². The fourth-order valence-electron chi connectivity index (χ4n) is 3.44. The molecule has 0 aliphatic carbocycles.